The monoisotopic (exact) mass is 366 g/mol. The van der Waals surface area contributed by atoms with Gasteiger partial charge in [-0.05, 0) is 34.8 Å². The number of alkyl halides is 3. The molecule has 1 fully saturated rings. The van der Waals surface area contributed by atoms with Gasteiger partial charge in [0, 0.05) is 30.8 Å². The quantitative estimate of drug-likeness (QED) is 0.766. The van der Waals surface area contributed by atoms with Gasteiger partial charge in [-0.25, -0.2) is 0 Å². The van der Waals surface area contributed by atoms with E-state index < -0.39 is 23.6 Å². The molecule has 1 aliphatic rings. The fourth-order valence-electron chi connectivity index (χ4n) is 2.40. The summed E-state index contributed by atoms with van der Waals surface area (Å²) in [4.78, 5) is 25.5. The number of carbonyl (C=O) groups is 1. The highest BCUT2D eigenvalue weighted by Crippen LogP contribution is 2.34. The van der Waals surface area contributed by atoms with Crippen LogP contribution >= 0.6 is 15.9 Å². The van der Waals surface area contributed by atoms with Crippen molar-refractivity contribution in [1.82, 2.24) is 9.47 Å². The third-order valence-electron chi connectivity index (χ3n) is 3.63. The van der Waals surface area contributed by atoms with Crippen LogP contribution in [-0.2, 0) is 7.05 Å². The van der Waals surface area contributed by atoms with Gasteiger partial charge in [0.2, 0.25) is 0 Å². The summed E-state index contributed by atoms with van der Waals surface area (Å²) < 4.78 is 39.6. The Labute approximate surface area is 127 Å². The van der Waals surface area contributed by atoms with Gasteiger partial charge in [-0.3, -0.25) is 9.59 Å². The third kappa shape index (κ3) is 3.48. The van der Waals surface area contributed by atoms with Crippen molar-refractivity contribution in [1.29, 1.82) is 0 Å². The molecule has 1 saturated heterocycles. The highest BCUT2D eigenvalue weighted by Gasteiger charge is 2.41. The average molecular weight is 367 g/mol. The van der Waals surface area contributed by atoms with Crippen LogP contribution in [0.3, 0.4) is 0 Å². The number of hydrogen-bond acceptors (Lipinski definition) is 2. The largest absolute Gasteiger partial charge is 0.391 e. The second-order valence-electron chi connectivity index (χ2n) is 5.10. The van der Waals surface area contributed by atoms with Crippen molar-refractivity contribution in [2.75, 3.05) is 13.1 Å². The summed E-state index contributed by atoms with van der Waals surface area (Å²) in [6, 6.07) is 1.40. The summed E-state index contributed by atoms with van der Waals surface area (Å²) in [6.07, 6.45) is -2.94. The Kier molecular flexibility index (Phi) is 4.46. The molecule has 0 aromatic carbocycles. The molecule has 0 atom stereocenters. The lowest BCUT2D eigenvalue weighted by Crippen LogP contribution is -2.43. The Balaban J connectivity index is 2.15. The molecule has 0 aliphatic carbocycles. The van der Waals surface area contributed by atoms with Crippen LogP contribution in [0.25, 0.3) is 0 Å². The molecule has 1 aromatic heterocycles. The van der Waals surface area contributed by atoms with Gasteiger partial charge in [0.1, 0.15) is 5.56 Å². The van der Waals surface area contributed by atoms with Crippen LogP contribution in [0, 0.1) is 5.92 Å². The molecule has 1 amide bonds. The van der Waals surface area contributed by atoms with Crippen molar-refractivity contribution in [3.05, 3.63) is 32.7 Å². The van der Waals surface area contributed by atoms with Crippen LogP contribution in [0.5, 0.6) is 0 Å². The topological polar surface area (TPSA) is 42.3 Å². The van der Waals surface area contributed by atoms with Gasteiger partial charge in [-0.2, -0.15) is 13.2 Å². The molecular weight excluding hydrogens is 353 g/mol. The van der Waals surface area contributed by atoms with E-state index in [2.05, 4.69) is 15.9 Å². The second kappa shape index (κ2) is 5.82. The molecule has 8 heteroatoms. The second-order valence-corrected chi connectivity index (χ2v) is 6.01. The first-order valence-electron chi connectivity index (χ1n) is 6.42. The van der Waals surface area contributed by atoms with Crippen LogP contribution < -0.4 is 5.56 Å². The first-order valence-corrected chi connectivity index (χ1v) is 7.21. The number of pyridine rings is 1. The summed E-state index contributed by atoms with van der Waals surface area (Å²) in [5.74, 6) is -1.88. The van der Waals surface area contributed by atoms with E-state index >= 15 is 0 Å². The van der Waals surface area contributed by atoms with E-state index in [1.807, 2.05) is 0 Å². The van der Waals surface area contributed by atoms with E-state index in [0.29, 0.717) is 4.47 Å². The van der Waals surface area contributed by atoms with Crippen molar-refractivity contribution in [2.24, 2.45) is 13.0 Å². The first-order chi connectivity index (χ1) is 9.70. The molecule has 0 saturated carbocycles. The van der Waals surface area contributed by atoms with Gasteiger partial charge in [-0.1, -0.05) is 0 Å². The van der Waals surface area contributed by atoms with Gasteiger partial charge in [0.15, 0.2) is 0 Å². The van der Waals surface area contributed by atoms with E-state index in [4.69, 9.17) is 0 Å². The van der Waals surface area contributed by atoms with Gasteiger partial charge in [0.25, 0.3) is 11.5 Å². The zero-order chi connectivity index (χ0) is 15.8. The minimum absolute atomic E-state index is 0.0126. The number of piperidine rings is 1. The number of nitrogens with zero attached hydrogens (tertiary/aromatic N) is 2. The van der Waals surface area contributed by atoms with Crippen LogP contribution in [-0.4, -0.2) is 34.6 Å². The normalized spacial score (nSPS) is 17.1. The average Bonchev–Trinajstić information content (AvgIpc) is 2.41. The highest BCUT2D eigenvalue weighted by atomic mass is 79.9. The SMILES string of the molecule is Cn1cc(Br)cc(C(=O)N2CCC(C(F)(F)F)CC2)c1=O. The summed E-state index contributed by atoms with van der Waals surface area (Å²) in [5.41, 5.74) is -0.488. The number of amides is 1. The lowest BCUT2D eigenvalue weighted by molar-refractivity contribution is -0.183. The van der Waals surface area contributed by atoms with E-state index in [9.17, 15) is 22.8 Å². The predicted molar refractivity (Wildman–Crippen MR) is 74.1 cm³/mol. The van der Waals surface area contributed by atoms with Gasteiger partial charge in [-0.15, -0.1) is 0 Å². The highest BCUT2D eigenvalue weighted by molar-refractivity contribution is 9.10. The molecule has 4 nitrogen and oxygen atoms in total. The number of likely N-dealkylation sites (tertiary alicyclic amines) is 1. The lowest BCUT2D eigenvalue weighted by atomic mass is 9.96. The molecular formula is C13H14BrF3N2O2. The molecule has 0 unspecified atom stereocenters. The smallest absolute Gasteiger partial charge is 0.338 e. The van der Waals surface area contributed by atoms with Crippen LogP contribution in [0.4, 0.5) is 13.2 Å². The van der Waals surface area contributed by atoms with Crippen molar-refractivity contribution in [3.8, 4) is 0 Å². The Morgan fingerprint density at radius 2 is 1.90 bits per heavy atom. The van der Waals surface area contributed by atoms with Crippen molar-refractivity contribution < 1.29 is 18.0 Å². The molecule has 1 aliphatic heterocycles. The fourth-order valence-corrected chi connectivity index (χ4v) is 2.94. The molecule has 0 spiro atoms. The molecule has 1 aromatic rings. The lowest BCUT2D eigenvalue weighted by Gasteiger charge is -2.32. The standard InChI is InChI=1S/C13H14BrF3N2O2/c1-18-7-9(14)6-10(11(18)20)12(21)19-4-2-8(3-5-19)13(15,16)17/h6-8H,2-5H2,1H3. The molecule has 2 heterocycles. The third-order valence-corrected chi connectivity index (χ3v) is 4.06. The Morgan fingerprint density at radius 3 is 2.43 bits per heavy atom. The summed E-state index contributed by atoms with van der Waals surface area (Å²) in [7, 11) is 1.51. The molecule has 116 valence electrons. The Morgan fingerprint density at radius 1 is 1.33 bits per heavy atom. The number of hydrogen-bond donors (Lipinski definition) is 0. The van der Waals surface area contributed by atoms with Gasteiger partial charge < -0.3 is 9.47 Å². The molecule has 21 heavy (non-hydrogen) atoms. The molecule has 2 rings (SSSR count). The number of rotatable bonds is 1. The minimum atomic E-state index is -4.22. The Hall–Kier alpha value is -1.31. The number of halogens is 4. The molecule has 0 bridgehead atoms. The number of carbonyl (C=O) groups excluding carboxylic acids is 1. The zero-order valence-electron chi connectivity index (χ0n) is 11.3. The summed E-state index contributed by atoms with van der Waals surface area (Å²) in [6.45, 7) is 0.0252. The van der Waals surface area contributed by atoms with E-state index in [1.165, 1.54) is 28.8 Å². The maximum Gasteiger partial charge on any atom is 0.391 e. The van der Waals surface area contributed by atoms with Crippen molar-refractivity contribution in [3.63, 3.8) is 0 Å². The number of aromatic nitrogens is 1. The fraction of sp³-hybridized carbons (Fsp3) is 0.538. The van der Waals surface area contributed by atoms with Gasteiger partial charge in [0.05, 0.1) is 5.92 Å². The maximum absolute atomic E-state index is 12.6. The van der Waals surface area contributed by atoms with Crippen LogP contribution in [0.15, 0.2) is 21.5 Å². The summed E-state index contributed by atoms with van der Waals surface area (Å²) >= 11 is 3.20. The van der Waals surface area contributed by atoms with E-state index in [1.54, 1.807) is 0 Å². The summed E-state index contributed by atoms with van der Waals surface area (Å²) in [5, 5.41) is 0. The van der Waals surface area contributed by atoms with Crippen LogP contribution in [0.1, 0.15) is 23.2 Å². The van der Waals surface area contributed by atoms with E-state index in [0.717, 1.165) is 0 Å². The number of aryl methyl sites for hydroxylation is 1. The van der Waals surface area contributed by atoms with Gasteiger partial charge >= 0.3 is 6.18 Å². The first kappa shape index (κ1) is 16.1. The van der Waals surface area contributed by atoms with Crippen molar-refractivity contribution in [2.45, 2.75) is 19.0 Å². The van der Waals surface area contributed by atoms with Crippen LogP contribution in [0.2, 0.25) is 0 Å². The molecule has 0 radical (unpaired) electrons. The maximum atomic E-state index is 12.6. The predicted octanol–water partition coefficient (Wildman–Crippen LogP) is 2.56. The molecule has 0 N–H and O–H groups in total. The zero-order valence-corrected chi connectivity index (χ0v) is 12.9. The van der Waals surface area contributed by atoms with E-state index in [-0.39, 0.29) is 31.5 Å². The minimum Gasteiger partial charge on any atom is -0.338 e. The van der Waals surface area contributed by atoms with Crippen molar-refractivity contribution >= 4 is 21.8 Å². The Bertz CT molecular complexity index is 604.